The number of aryl methyl sites for hydroxylation is 1. The Morgan fingerprint density at radius 1 is 1.10 bits per heavy atom. The maximum atomic E-state index is 12.7. The standard InChI is InChI=1S/C22H31N5O3S/c28-20-9-3-1-2-4-11-27(20)17-21(29)26-14-12-25(13-15-26)10-5-8-19-23-22(24-30-19)18-7-6-16-31-18/h6-7,16H,1-5,8-15,17H2. The Hall–Kier alpha value is -2.26. The van der Waals surface area contributed by atoms with E-state index >= 15 is 0 Å². The summed E-state index contributed by atoms with van der Waals surface area (Å²) in [6.07, 6.45) is 6.50. The average molecular weight is 446 g/mol. The Morgan fingerprint density at radius 3 is 2.74 bits per heavy atom. The molecule has 2 aromatic heterocycles. The first-order chi connectivity index (χ1) is 15.2. The van der Waals surface area contributed by atoms with Gasteiger partial charge in [0.25, 0.3) is 0 Å². The Kier molecular flexibility index (Phi) is 7.69. The summed E-state index contributed by atoms with van der Waals surface area (Å²) >= 11 is 1.60. The minimum absolute atomic E-state index is 0.0838. The summed E-state index contributed by atoms with van der Waals surface area (Å²) in [7, 11) is 0. The molecule has 0 aromatic carbocycles. The molecule has 2 fully saturated rings. The summed E-state index contributed by atoms with van der Waals surface area (Å²) in [6.45, 7) is 5.09. The zero-order chi connectivity index (χ0) is 21.5. The van der Waals surface area contributed by atoms with Crippen molar-refractivity contribution in [3.8, 4) is 10.7 Å². The Labute approximate surface area is 187 Å². The van der Waals surface area contributed by atoms with Crippen LogP contribution in [0.15, 0.2) is 22.0 Å². The first-order valence-corrected chi connectivity index (χ1v) is 12.2. The number of likely N-dealkylation sites (tertiary alicyclic amines) is 1. The minimum Gasteiger partial charge on any atom is -0.339 e. The van der Waals surface area contributed by atoms with E-state index in [9.17, 15) is 9.59 Å². The molecule has 4 heterocycles. The van der Waals surface area contributed by atoms with Gasteiger partial charge in [-0.05, 0) is 37.3 Å². The summed E-state index contributed by atoms with van der Waals surface area (Å²) in [4.78, 5) is 36.5. The molecule has 168 valence electrons. The maximum Gasteiger partial charge on any atom is 0.242 e. The van der Waals surface area contributed by atoms with E-state index in [4.69, 9.17) is 4.52 Å². The number of hydrogen-bond acceptors (Lipinski definition) is 7. The molecule has 8 nitrogen and oxygen atoms in total. The maximum absolute atomic E-state index is 12.7. The summed E-state index contributed by atoms with van der Waals surface area (Å²) < 4.78 is 5.37. The van der Waals surface area contributed by atoms with Gasteiger partial charge in [-0.15, -0.1) is 11.3 Å². The molecule has 0 atom stereocenters. The summed E-state index contributed by atoms with van der Waals surface area (Å²) in [5, 5.41) is 6.06. The third-order valence-electron chi connectivity index (χ3n) is 6.05. The van der Waals surface area contributed by atoms with E-state index in [0.717, 1.165) is 76.1 Å². The number of amides is 2. The van der Waals surface area contributed by atoms with Crippen LogP contribution in [-0.4, -0.2) is 82.5 Å². The van der Waals surface area contributed by atoms with E-state index in [-0.39, 0.29) is 18.4 Å². The van der Waals surface area contributed by atoms with Crippen LogP contribution in [0.5, 0.6) is 0 Å². The van der Waals surface area contributed by atoms with E-state index in [1.54, 1.807) is 16.2 Å². The number of carbonyl (C=O) groups is 2. The van der Waals surface area contributed by atoms with Gasteiger partial charge in [0.05, 0.1) is 11.4 Å². The van der Waals surface area contributed by atoms with Crippen LogP contribution >= 0.6 is 11.3 Å². The van der Waals surface area contributed by atoms with Crippen molar-refractivity contribution < 1.29 is 14.1 Å². The van der Waals surface area contributed by atoms with Gasteiger partial charge in [-0.3, -0.25) is 14.5 Å². The van der Waals surface area contributed by atoms with Gasteiger partial charge in [-0.2, -0.15) is 4.98 Å². The van der Waals surface area contributed by atoms with Crippen molar-refractivity contribution in [3.05, 3.63) is 23.4 Å². The normalized spacial score (nSPS) is 18.8. The van der Waals surface area contributed by atoms with E-state index in [1.807, 2.05) is 22.4 Å². The van der Waals surface area contributed by atoms with Crippen molar-refractivity contribution in [3.63, 3.8) is 0 Å². The van der Waals surface area contributed by atoms with Crippen LogP contribution in [0.3, 0.4) is 0 Å². The van der Waals surface area contributed by atoms with Crippen molar-refractivity contribution in [2.24, 2.45) is 0 Å². The Bertz CT molecular complexity index is 845. The van der Waals surface area contributed by atoms with E-state index in [0.29, 0.717) is 24.7 Å². The Morgan fingerprint density at radius 2 is 1.94 bits per heavy atom. The molecule has 0 unspecified atom stereocenters. The monoisotopic (exact) mass is 445 g/mol. The van der Waals surface area contributed by atoms with Crippen LogP contribution in [0, 0.1) is 0 Å². The molecule has 4 rings (SSSR count). The van der Waals surface area contributed by atoms with Crippen LogP contribution < -0.4 is 0 Å². The fourth-order valence-electron chi connectivity index (χ4n) is 4.18. The highest BCUT2D eigenvalue weighted by Gasteiger charge is 2.25. The summed E-state index contributed by atoms with van der Waals surface area (Å²) in [6, 6.07) is 3.97. The zero-order valence-corrected chi connectivity index (χ0v) is 18.8. The van der Waals surface area contributed by atoms with Crippen LogP contribution in [0.1, 0.15) is 44.4 Å². The number of piperazine rings is 1. The zero-order valence-electron chi connectivity index (χ0n) is 18.0. The van der Waals surface area contributed by atoms with Crippen molar-refractivity contribution in [2.75, 3.05) is 45.8 Å². The first-order valence-electron chi connectivity index (χ1n) is 11.3. The predicted molar refractivity (Wildman–Crippen MR) is 119 cm³/mol. The molecule has 0 aliphatic carbocycles. The van der Waals surface area contributed by atoms with Gasteiger partial charge in [0, 0.05) is 45.6 Å². The SMILES string of the molecule is O=C(CN1CCCCCCC1=O)N1CCN(CCCc2nc(-c3cccs3)no2)CC1. The van der Waals surface area contributed by atoms with Crippen molar-refractivity contribution in [1.82, 2.24) is 24.8 Å². The quantitative estimate of drug-likeness (QED) is 0.652. The molecule has 9 heteroatoms. The molecule has 0 saturated carbocycles. The lowest BCUT2D eigenvalue weighted by Gasteiger charge is -2.36. The smallest absolute Gasteiger partial charge is 0.242 e. The van der Waals surface area contributed by atoms with Crippen molar-refractivity contribution >= 4 is 23.2 Å². The molecular weight excluding hydrogens is 414 g/mol. The number of carbonyl (C=O) groups excluding carboxylic acids is 2. The molecule has 0 bridgehead atoms. The second-order valence-electron chi connectivity index (χ2n) is 8.29. The summed E-state index contributed by atoms with van der Waals surface area (Å²) in [5.41, 5.74) is 0. The molecule has 2 amide bonds. The largest absolute Gasteiger partial charge is 0.339 e. The average Bonchev–Trinajstić information content (AvgIpc) is 3.46. The lowest BCUT2D eigenvalue weighted by molar-refractivity contribution is -0.141. The summed E-state index contributed by atoms with van der Waals surface area (Å²) in [5.74, 6) is 1.56. The van der Waals surface area contributed by atoms with Gasteiger partial charge in [-0.25, -0.2) is 0 Å². The number of nitrogens with zero attached hydrogens (tertiary/aromatic N) is 5. The highest BCUT2D eigenvalue weighted by atomic mass is 32.1. The fraction of sp³-hybridized carbons (Fsp3) is 0.636. The van der Waals surface area contributed by atoms with E-state index in [1.165, 1.54) is 0 Å². The van der Waals surface area contributed by atoms with E-state index in [2.05, 4.69) is 15.0 Å². The topological polar surface area (TPSA) is 82.8 Å². The van der Waals surface area contributed by atoms with Crippen LogP contribution in [0.25, 0.3) is 10.7 Å². The lowest BCUT2D eigenvalue weighted by Crippen LogP contribution is -2.52. The van der Waals surface area contributed by atoms with Gasteiger partial charge < -0.3 is 14.3 Å². The third kappa shape index (κ3) is 6.13. The number of aromatic nitrogens is 2. The molecule has 2 saturated heterocycles. The molecule has 0 spiro atoms. The van der Waals surface area contributed by atoms with Crippen LogP contribution in [0.2, 0.25) is 0 Å². The molecule has 0 N–H and O–H groups in total. The van der Waals surface area contributed by atoms with Gasteiger partial charge in [0.2, 0.25) is 23.5 Å². The number of rotatable bonds is 7. The van der Waals surface area contributed by atoms with E-state index < -0.39 is 0 Å². The van der Waals surface area contributed by atoms with Crippen LogP contribution in [-0.2, 0) is 16.0 Å². The van der Waals surface area contributed by atoms with Crippen molar-refractivity contribution in [1.29, 1.82) is 0 Å². The molecule has 2 aliphatic rings. The van der Waals surface area contributed by atoms with Gasteiger partial charge in [-0.1, -0.05) is 24.1 Å². The number of thiophene rings is 1. The second-order valence-corrected chi connectivity index (χ2v) is 9.24. The minimum atomic E-state index is 0.0838. The van der Waals surface area contributed by atoms with Crippen LogP contribution in [0.4, 0.5) is 0 Å². The third-order valence-corrected chi connectivity index (χ3v) is 6.91. The Balaban J connectivity index is 1.16. The predicted octanol–water partition coefficient (Wildman–Crippen LogP) is 2.67. The lowest BCUT2D eigenvalue weighted by atomic mass is 10.1. The highest BCUT2D eigenvalue weighted by Crippen LogP contribution is 2.21. The highest BCUT2D eigenvalue weighted by molar-refractivity contribution is 7.13. The molecule has 0 radical (unpaired) electrons. The second kappa shape index (κ2) is 10.9. The first kappa shape index (κ1) is 22.0. The van der Waals surface area contributed by atoms with Gasteiger partial charge >= 0.3 is 0 Å². The molecular formula is C22H31N5O3S. The fourth-order valence-corrected chi connectivity index (χ4v) is 4.83. The number of hydrogen-bond donors (Lipinski definition) is 0. The molecule has 31 heavy (non-hydrogen) atoms. The molecule has 2 aromatic rings. The molecule has 2 aliphatic heterocycles. The van der Waals surface area contributed by atoms with Gasteiger partial charge in [0.1, 0.15) is 0 Å². The van der Waals surface area contributed by atoms with Gasteiger partial charge in [0.15, 0.2) is 0 Å². The van der Waals surface area contributed by atoms with Crippen molar-refractivity contribution in [2.45, 2.75) is 44.9 Å².